The molecule has 0 aliphatic rings. The lowest BCUT2D eigenvalue weighted by Crippen LogP contribution is -2.14. The van der Waals surface area contributed by atoms with Crippen LogP contribution in [0.2, 0.25) is 0 Å². The van der Waals surface area contributed by atoms with Gasteiger partial charge >= 0.3 is 5.97 Å². The summed E-state index contributed by atoms with van der Waals surface area (Å²) in [7, 11) is -15.8. The Balaban J connectivity index is 1.34. The van der Waals surface area contributed by atoms with Crippen molar-refractivity contribution in [2.75, 3.05) is 31.4 Å². The Hall–Kier alpha value is -6.24. The van der Waals surface area contributed by atoms with Gasteiger partial charge in [-0.1, -0.05) is 18.2 Å². The van der Waals surface area contributed by atoms with Crippen molar-refractivity contribution in [2.24, 2.45) is 20.5 Å². The molecule has 5 aromatic rings. The summed E-state index contributed by atoms with van der Waals surface area (Å²) in [4.78, 5) is 27.4. The Morgan fingerprint density at radius 3 is 1.57 bits per heavy atom. The molecular formula is C35H35N9O15S4. The third-order valence-electron chi connectivity index (χ3n) is 8.00. The molecule has 0 aliphatic heterocycles. The Kier molecular flexibility index (Phi) is 15.4. The average molecular weight is 950 g/mol. The summed E-state index contributed by atoms with van der Waals surface area (Å²) in [5.41, 5.74) is 1.72. The highest BCUT2D eigenvalue weighted by Crippen LogP contribution is 2.29. The maximum Gasteiger partial charge on any atom is 0.343 e. The van der Waals surface area contributed by atoms with E-state index in [1.165, 1.54) is 30.3 Å². The molecule has 63 heavy (non-hydrogen) atoms. The second-order valence-electron chi connectivity index (χ2n) is 12.8. The van der Waals surface area contributed by atoms with Crippen molar-refractivity contribution in [1.29, 1.82) is 0 Å². The predicted molar refractivity (Wildman–Crippen MR) is 221 cm³/mol. The van der Waals surface area contributed by atoms with E-state index in [0.29, 0.717) is 16.9 Å². The lowest BCUT2D eigenvalue weighted by atomic mass is 10.1. The fourth-order valence-corrected chi connectivity index (χ4v) is 7.98. The van der Waals surface area contributed by atoms with Crippen LogP contribution in [0.15, 0.2) is 115 Å². The maximum absolute atomic E-state index is 12.3. The van der Waals surface area contributed by atoms with Crippen LogP contribution >= 0.6 is 0 Å². The van der Waals surface area contributed by atoms with E-state index >= 15 is 0 Å². The topological polar surface area (TPSA) is 354 Å². The monoisotopic (exact) mass is 949 g/mol. The third-order valence-corrected chi connectivity index (χ3v) is 11.9. The van der Waals surface area contributed by atoms with Crippen LogP contribution < -0.4 is 10.6 Å². The number of hydrogen-bond acceptors (Lipinski definition) is 22. The summed E-state index contributed by atoms with van der Waals surface area (Å²) in [6, 6.07) is 19.5. The minimum atomic E-state index is -4.48. The number of rotatable bonds is 20. The molecule has 0 saturated heterocycles. The molecule has 0 unspecified atom stereocenters. The van der Waals surface area contributed by atoms with E-state index in [9.17, 15) is 47.6 Å². The number of nitrogens with one attached hydrogen (secondary N) is 2. The molecule has 0 atom stereocenters. The molecule has 5 N–H and O–H groups in total. The zero-order valence-electron chi connectivity index (χ0n) is 32.6. The maximum atomic E-state index is 12.3. The summed E-state index contributed by atoms with van der Waals surface area (Å²) < 4.78 is 123. The molecule has 0 amide bonds. The zero-order chi connectivity index (χ0) is 46.0. The van der Waals surface area contributed by atoms with Crippen LogP contribution in [0.3, 0.4) is 0 Å². The van der Waals surface area contributed by atoms with Crippen LogP contribution in [0.4, 0.5) is 40.3 Å². The van der Waals surface area contributed by atoms with Gasteiger partial charge in [0.05, 0.1) is 53.2 Å². The van der Waals surface area contributed by atoms with E-state index in [1.807, 2.05) is 0 Å². The van der Waals surface area contributed by atoms with E-state index in [2.05, 4.69) is 59.3 Å². The van der Waals surface area contributed by atoms with Crippen LogP contribution in [0.1, 0.15) is 28.9 Å². The highest BCUT2D eigenvalue weighted by atomic mass is 32.2. The molecule has 334 valence electrons. The summed E-state index contributed by atoms with van der Waals surface area (Å²) >= 11 is 0. The molecule has 0 fully saturated rings. The van der Waals surface area contributed by atoms with Gasteiger partial charge in [0, 0.05) is 18.7 Å². The smallest absolute Gasteiger partial charge is 0.343 e. The molecule has 0 radical (unpaired) electrons. The van der Waals surface area contributed by atoms with E-state index < -0.39 is 67.7 Å². The first-order valence-corrected chi connectivity index (χ1v) is 23.6. The summed E-state index contributed by atoms with van der Waals surface area (Å²) in [5.74, 6) is -2.18. The van der Waals surface area contributed by atoms with Crippen molar-refractivity contribution in [1.82, 2.24) is 15.0 Å². The van der Waals surface area contributed by atoms with E-state index in [4.69, 9.17) is 5.26 Å². The molecule has 5 rings (SSSR count). The highest BCUT2D eigenvalue weighted by molar-refractivity contribution is 7.87. The van der Waals surface area contributed by atoms with Gasteiger partial charge in [-0.25, -0.2) is 4.79 Å². The lowest BCUT2D eigenvalue weighted by Gasteiger charge is -2.10. The number of aromatic nitrogens is 3. The molecule has 24 nitrogen and oxygen atoms in total. The van der Waals surface area contributed by atoms with Gasteiger partial charge in [-0.3, -0.25) is 17.5 Å². The zero-order valence-corrected chi connectivity index (χ0v) is 35.9. The second kappa shape index (κ2) is 20.3. The second-order valence-corrected chi connectivity index (χ2v) is 19.1. The van der Waals surface area contributed by atoms with E-state index in [1.54, 1.807) is 36.4 Å². The minimum Gasteiger partial charge on any atom is -0.353 e. The van der Waals surface area contributed by atoms with Crippen molar-refractivity contribution in [3.8, 4) is 0 Å². The fourth-order valence-electron chi connectivity index (χ4n) is 5.27. The number of benzene rings is 4. The van der Waals surface area contributed by atoms with Crippen molar-refractivity contribution >= 4 is 86.8 Å². The third kappa shape index (κ3) is 15.0. The van der Waals surface area contributed by atoms with Crippen LogP contribution in [-0.4, -0.2) is 89.7 Å². The largest absolute Gasteiger partial charge is 0.353 e. The SMILES string of the molecule is COS(=O)(=O)c1cc(N=Nc2ccc(Nc3nc(Cc4ccc(N=Nc5cc(CS(=O)(=O)O)cc(CS(=O)(=O)O)c5)cc4)nc(NCCC(=O)OO)n3)cc2)cc(S(=O)(=O)OC)c1. The quantitative estimate of drug-likeness (QED) is 0.0217. The summed E-state index contributed by atoms with van der Waals surface area (Å²) in [6.45, 7) is -0.0170. The fraction of sp³-hybridized carbons (Fsp3) is 0.200. The molecule has 1 aromatic heterocycles. The van der Waals surface area contributed by atoms with Crippen LogP contribution in [0.5, 0.6) is 0 Å². The Labute approximate surface area is 359 Å². The van der Waals surface area contributed by atoms with Gasteiger partial charge in [-0.2, -0.15) is 74.3 Å². The lowest BCUT2D eigenvalue weighted by molar-refractivity contribution is -0.233. The number of nitrogens with zero attached hydrogens (tertiary/aromatic N) is 7. The minimum absolute atomic E-state index is 0.0126. The molecule has 0 spiro atoms. The number of hydrogen-bond donors (Lipinski definition) is 5. The van der Waals surface area contributed by atoms with Gasteiger partial charge < -0.3 is 15.5 Å². The number of carbonyl (C=O) groups excluding carboxylic acids is 1. The summed E-state index contributed by atoms with van der Waals surface area (Å²) in [5, 5.41) is 30.7. The van der Waals surface area contributed by atoms with E-state index in [0.717, 1.165) is 32.4 Å². The van der Waals surface area contributed by atoms with Crippen LogP contribution in [0.25, 0.3) is 0 Å². The van der Waals surface area contributed by atoms with Crippen molar-refractivity contribution in [3.05, 3.63) is 107 Å². The van der Waals surface area contributed by atoms with Crippen molar-refractivity contribution in [2.45, 2.75) is 34.1 Å². The van der Waals surface area contributed by atoms with Gasteiger partial charge in [-0.15, -0.1) is 0 Å². The van der Waals surface area contributed by atoms with Crippen molar-refractivity contribution in [3.63, 3.8) is 0 Å². The predicted octanol–water partition coefficient (Wildman–Crippen LogP) is 5.30. The average Bonchev–Trinajstić information content (AvgIpc) is 3.21. The molecule has 0 aliphatic carbocycles. The first-order chi connectivity index (χ1) is 29.6. The molecule has 0 saturated carbocycles. The van der Waals surface area contributed by atoms with Gasteiger partial charge in [0.2, 0.25) is 11.9 Å². The standard InChI is InChI=1S/C35H35N9O15S4/c1-57-62(53,54)30-17-29(18-31(19-30)63(55,56)58-2)44-42-27-9-7-25(8-10-27)37-35-39-32(38-34(40-35)36-12-11-33(45)59-46)16-22-3-5-26(6-4-22)41-43-28-14-23(20-60(47,48)49)13-24(15-28)21-61(50,51)52/h3-10,13-15,17-19,46H,11-12,16,20-21H2,1-2H3,(H,47,48,49)(H,50,51,52)(H2,36,37,38,39,40). The van der Waals surface area contributed by atoms with Crippen molar-refractivity contribution < 1.29 is 66.1 Å². The summed E-state index contributed by atoms with van der Waals surface area (Å²) in [6.07, 6.45) is -0.0762. The Morgan fingerprint density at radius 1 is 0.603 bits per heavy atom. The molecule has 28 heteroatoms. The highest BCUT2D eigenvalue weighted by Gasteiger charge is 2.22. The van der Waals surface area contributed by atoms with Crippen LogP contribution in [-0.2, 0) is 76.4 Å². The number of anilines is 3. The Morgan fingerprint density at radius 2 is 1.08 bits per heavy atom. The molecule has 0 bridgehead atoms. The van der Waals surface area contributed by atoms with E-state index in [-0.39, 0.29) is 65.3 Å². The number of carbonyl (C=O) groups is 1. The van der Waals surface area contributed by atoms with Crippen LogP contribution in [0, 0.1) is 0 Å². The van der Waals surface area contributed by atoms with Gasteiger partial charge in [0.25, 0.3) is 40.5 Å². The molecule has 1 heterocycles. The van der Waals surface area contributed by atoms with Gasteiger partial charge in [-0.05, 0) is 83.4 Å². The molecule has 4 aromatic carbocycles. The first kappa shape index (κ1) is 47.8. The Bertz CT molecular complexity index is 2890. The van der Waals surface area contributed by atoms with Gasteiger partial charge in [0.15, 0.2) is 0 Å². The number of azo groups is 2. The first-order valence-electron chi connectivity index (χ1n) is 17.5. The normalized spacial score (nSPS) is 12.5. The van der Waals surface area contributed by atoms with Gasteiger partial charge in [0.1, 0.15) is 17.3 Å². The molecular weight excluding hydrogens is 915 g/mol.